The SMILES string of the molecule is CCN(CC)C(CO)C(C)CO. The number of aliphatic hydroxyl groups excluding tert-OH is 2. The predicted molar refractivity (Wildman–Crippen MR) is 50.0 cm³/mol. The number of aliphatic hydroxyl groups is 2. The van der Waals surface area contributed by atoms with Crippen LogP contribution in [0, 0.1) is 5.92 Å². The van der Waals surface area contributed by atoms with Gasteiger partial charge in [0.1, 0.15) is 0 Å². The minimum atomic E-state index is 0.102. The van der Waals surface area contributed by atoms with E-state index in [0.717, 1.165) is 13.1 Å². The van der Waals surface area contributed by atoms with Crippen LogP contribution in [0.1, 0.15) is 20.8 Å². The van der Waals surface area contributed by atoms with E-state index in [1.807, 2.05) is 6.92 Å². The molecule has 74 valence electrons. The van der Waals surface area contributed by atoms with Crippen molar-refractivity contribution in [1.82, 2.24) is 4.90 Å². The Bertz CT molecular complexity index is 105. The summed E-state index contributed by atoms with van der Waals surface area (Å²) >= 11 is 0. The maximum absolute atomic E-state index is 9.11. The lowest BCUT2D eigenvalue weighted by atomic mass is 10.0. The standard InChI is InChI=1S/C9H21NO2/c1-4-10(5-2)9(7-12)8(3)6-11/h8-9,11-12H,4-7H2,1-3H3. The summed E-state index contributed by atoms with van der Waals surface area (Å²) in [6, 6.07) is 0.102. The number of likely N-dealkylation sites (N-methyl/N-ethyl adjacent to an activating group) is 1. The van der Waals surface area contributed by atoms with Crippen LogP contribution in [0.2, 0.25) is 0 Å². The van der Waals surface area contributed by atoms with E-state index >= 15 is 0 Å². The first-order chi connectivity index (χ1) is 5.71. The fourth-order valence-electron chi connectivity index (χ4n) is 1.47. The highest BCUT2D eigenvalue weighted by Gasteiger charge is 2.20. The van der Waals surface area contributed by atoms with Gasteiger partial charge in [0.2, 0.25) is 0 Å². The number of hydrogen-bond acceptors (Lipinski definition) is 3. The topological polar surface area (TPSA) is 43.7 Å². The Labute approximate surface area is 75.0 Å². The summed E-state index contributed by atoms with van der Waals surface area (Å²) in [6.45, 7) is 8.20. The molecule has 0 amide bonds. The molecule has 0 aliphatic heterocycles. The number of nitrogens with zero attached hydrogens (tertiary/aromatic N) is 1. The molecule has 2 unspecified atom stereocenters. The minimum absolute atomic E-state index is 0.102. The van der Waals surface area contributed by atoms with Gasteiger partial charge in [0.15, 0.2) is 0 Å². The van der Waals surface area contributed by atoms with Crippen LogP contribution in [0.3, 0.4) is 0 Å². The normalized spacial score (nSPS) is 16.5. The van der Waals surface area contributed by atoms with Crippen LogP contribution in [-0.4, -0.2) is 47.5 Å². The zero-order valence-corrected chi connectivity index (χ0v) is 8.32. The van der Waals surface area contributed by atoms with Crippen LogP contribution in [0.4, 0.5) is 0 Å². The van der Waals surface area contributed by atoms with Crippen molar-refractivity contribution in [3.63, 3.8) is 0 Å². The van der Waals surface area contributed by atoms with Crippen molar-refractivity contribution in [2.75, 3.05) is 26.3 Å². The van der Waals surface area contributed by atoms with Gasteiger partial charge < -0.3 is 10.2 Å². The van der Waals surface area contributed by atoms with Gasteiger partial charge in [-0.2, -0.15) is 0 Å². The third-order valence-electron chi connectivity index (χ3n) is 2.41. The summed E-state index contributed by atoms with van der Waals surface area (Å²) in [5.74, 6) is 0.148. The van der Waals surface area contributed by atoms with Crippen LogP contribution in [0.25, 0.3) is 0 Å². The Hall–Kier alpha value is -0.120. The van der Waals surface area contributed by atoms with Gasteiger partial charge in [0.25, 0.3) is 0 Å². The van der Waals surface area contributed by atoms with Crippen LogP contribution in [0.15, 0.2) is 0 Å². The second-order valence-corrected chi connectivity index (χ2v) is 3.13. The molecule has 2 N–H and O–H groups in total. The molecule has 0 aromatic rings. The number of rotatable bonds is 6. The lowest BCUT2D eigenvalue weighted by Crippen LogP contribution is -2.43. The fourth-order valence-corrected chi connectivity index (χ4v) is 1.47. The smallest absolute Gasteiger partial charge is 0.0590 e. The average molecular weight is 175 g/mol. The van der Waals surface area contributed by atoms with Gasteiger partial charge in [-0.25, -0.2) is 0 Å². The molecule has 0 spiro atoms. The molecule has 0 saturated heterocycles. The van der Waals surface area contributed by atoms with Gasteiger partial charge in [0, 0.05) is 12.6 Å². The van der Waals surface area contributed by atoms with E-state index in [0.29, 0.717) is 0 Å². The van der Waals surface area contributed by atoms with Crippen molar-refractivity contribution < 1.29 is 10.2 Å². The molecule has 3 nitrogen and oxygen atoms in total. The summed E-state index contributed by atoms with van der Waals surface area (Å²) in [4.78, 5) is 2.17. The Morgan fingerprint density at radius 2 is 1.58 bits per heavy atom. The molecule has 0 aliphatic carbocycles. The van der Waals surface area contributed by atoms with E-state index in [4.69, 9.17) is 10.2 Å². The molecule has 0 rings (SSSR count). The highest BCUT2D eigenvalue weighted by atomic mass is 16.3. The molecule has 0 aliphatic rings. The first-order valence-corrected chi connectivity index (χ1v) is 4.66. The fraction of sp³-hybridized carbons (Fsp3) is 1.00. The molecule has 2 atom stereocenters. The van der Waals surface area contributed by atoms with E-state index in [1.165, 1.54) is 0 Å². The molecule has 3 heteroatoms. The van der Waals surface area contributed by atoms with Crippen molar-refractivity contribution in [2.45, 2.75) is 26.8 Å². The van der Waals surface area contributed by atoms with E-state index < -0.39 is 0 Å². The third kappa shape index (κ3) is 3.09. The highest BCUT2D eigenvalue weighted by molar-refractivity contribution is 4.74. The third-order valence-corrected chi connectivity index (χ3v) is 2.41. The number of hydrogen-bond donors (Lipinski definition) is 2. The maximum atomic E-state index is 9.11. The zero-order chi connectivity index (χ0) is 9.56. The summed E-state index contributed by atoms with van der Waals surface area (Å²) in [7, 11) is 0. The quantitative estimate of drug-likeness (QED) is 0.611. The van der Waals surface area contributed by atoms with E-state index in [1.54, 1.807) is 0 Å². The van der Waals surface area contributed by atoms with Gasteiger partial charge in [-0.3, -0.25) is 4.90 Å². The van der Waals surface area contributed by atoms with Crippen LogP contribution >= 0.6 is 0 Å². The molecule has 0 heterocycles. The van der Waals surface area contributed by atoms with Crippen molar-refractivity contribution in [1.29, 1.82) is 0 Å². The van der Waals surface area contributed by atoms with Gasteiger partial charge in [-0.15, -0.1) is 0 Å². The summed E-state index contributed by atoms with van der Waals surface area (Å²) in [5, 5.41) is 18.0. The Morgan fingerprint density at radius 1 is 1.08 bits per heavy atom. The van der Waals surface area contributed by atoms with E-state index in [9.17, 15) is 0 Å². The first kappa shape index (κ1) is 11.9. The monoisotopic (exact) mass is 175 g/mol. The molecular weight excluding hydrogens is 154 g/mol. The second-order valence-electron chi connectivity index (χ2n) is 3.13. The van der Waals surface area contributed by atoms with E-state index in [2.05, 4.69) is 18.7 Å². The largest absolute Gasteiger partial charge is 0.396 e. The van der Waals surface area contributed by atoms with Crippen molar-refractivity contribution in [3.05, 3.63) is 0 Å². The predicted octanol–water partition coefficient (Wildman–Crippen LogP) is 0.317. The summed E-state index contributed by atoms with van der Waals surface area (Å²) in [5.41, 5.74) is 0. The lowest BCUT2D eigenvalue weighted by Gasteiger charge is -2.31. The van der Waals surface area contributed by atoms with Gasteiger partial charge in [-0.05, 0) is 19.0 Å². The molecule has 0 bridgehead atoms. The second kappa shape index (κ2) is 6.40. The Kier molecular flexibility index (Phi) is 6.34. The molecule has 0 aromatic heterocycles. The molecule has 0 aromatic carbocycles. The van der Waals surface area contributed by atoms with Crippen molar-refractivity contribution >= 4 is 0 Å². The van der Waals surface area contributed by atoms with Crippen LogP contribution < -0.4 is 0 Å². The molecule has 12 heavy (non-hydrogen) atoms. The minimum Gasteiger partial charge on any atom is -0.396 e. The first-order valence-electron chi connectivity index (χ1n) is 4.66. The molecular formula is C9H21NO2. The van der Waals surface area contributed by atoms with E-state index in [-0.39, 0.29) is 25.2 Å². The zero-order valence-electron chi connectivity index (χ0n) is 8.32. The lowest BCUT2D eigenvalue weighted by molar-refractivity contribution is 0.0669. The van der Waals surface area contributed by atoms with Crippen molar-refractivity contribution in [2.24, 2.45) is 5.92 Å². The summed E-state index contributed by atoms with van der Waals surface area (Å²) in [6.07, 6.45) is 0. The summed E-state index contributed by atoms with van der Waals surface area (Å²) < 4.78 is 0. The van der Waals surface area contributed by atoms with Gasteiger partial charge >= 0.3 is 0 Å². The van der Waals surface area contributed by atoms with Gasteiger partial charge in [0.05, 0.1) is 6.61 Å². The van der Waals surface area contributed by atoms with Crippen molar-refractivity contribution in [3.8, 4) is 0 Å². The van der Waals surface area contributed by atoms with Gasteiger partial charge in [-0.1, -0.05) is 20.8 Å². The molecule has 0 radical (unpaired) electrons. The Morgan fingerprint density at radius 3 is 1.83 bits per heavy atom. The highest BCUT2D eigenvalue weighted by Crippen LogP contribution is 2.09. The molecule has 0 fully saturated rings. The van der Waals surface area contributed by atoms with Crippen LogP contribution in [-0.2, 0) is 0 Å². The molecule has 0 saturated carbocycles. The maximum Gasteiger partial charge on any atom is 0.0590 e. The Balaban J connectivity index is 4.09. The van der Waals surface area contributed by atoms with Crippen LogP contribution in [0.5, 0.6) is 0 Å². The average Bonchev–Trinajstić information content (AvgIpc) is 2.12.